The highest BCUT2D eigenvalue weighted by atomic mass is 16.6. The van der Waals surface area contributed by atoms with Gasteiger partial charge in [0, 0.05) is 17.2 Å². The number of benzene rings is 1. The molecule has 4 rings (SSSR count). The van der Waals surface area contributed by atoms with Gasteiger partial charge in [0.25, 0.3) is 5.69 Å². The number of nitro groups is 2. The number of nitrogens with one attached hydrogen (secondary N) is 1. The number of hydrazone groups is 1. The van der Waals surface area contributed by atoms with Gasteiger partial charge in [0.05, 0.1) is 28.9 Å². The highest BCUT2D eigenvalue weighted by molar-refractivity contribution is 5.94. The van der Waals surface area contributed by atoms with Crippen LogP contribution >= 0.6 is 0 Å². The molecule has 3 saturated carbocycles. The number of rotatable bonds is 12. The largest absolute Gasteiger partial charge is 0.466 e. The van der Waals surface area contributed by atoms with Gasteiger partial charge in [-0.3, -0.25) is 30.4 Å². The third kappa shape index (κ3) is 6.73. The molecular formula is C33H50N4O6. The number of anilines is 1. The molecule has 0 unspecified atom stereocenters. The number of nitrogens with zero attached hydrogens (tertiary/aromatic N) is 3. The Hall–Kier alpha value is -3.04. The Balaban J connectivity index is 1.60. The highest BCUT2D eigenvalue weighted by Crippen LogP contribution is 2.66. The van der Waals surface area contributed by atoms with E-state index in [1.165, 1.54) is 44.2 Å². The molecule has 0 amide bonds. The molecule has 1 aromatic carbocycles. The van der Waals surface area contributed by atoms with E-state index >= 15 is 0 Å². The summed E-state index contributed by atoms with van der Waals surface area (Å²) in [7, 11) is 0. The van der Waals surface area contributed by atoms with E-state index in [1.807, 2.05) is 0 Å². The first-order valence-corrected chi connectivity index (χ1v) is 16.2. The number of hydrogen-bond donors (Lipinski definition) is 1. The minimum atomic E-state index is -0.656. The van der Waals surface area contributed by atoms with Crippen molar-refractivity contribution in [3.05, 3.63) is 38.4 Å². The van der Waals surface area contributed by atoms with Gasteiger partial charge in [-0.15, -0.1) is 0 Å². The Morgan fingerprint density at radius 2 is 1.81 bits per heavy atom. The third-order valence-electron chi connectivity index (χ3n) is 11.3. The van der Waals surface area contributed by atoms with Gasteiger partial charge in [-0.1, -0.05) is 53.9 Å². The van der Waals surface area contributed by atoms with Crippen molar-refractivity contribution in [1.29, 1.82) is 0 Å². The summed E-state index contributed by atoms with van der Waals surface area (Å²) in [6.45, 7) is 13.8. The maximum atomic E-state index is 13.0. The lowest BCUT2D eigenvalue weighted by atomic mass is 9.47. The van der Waals surface area contributed by atoms with Crippen LogP contribution in [0.4, 0.5) is 17.1 Å². The lowest BCUT2D eigenvalue weighted by molar-refractivity contribution is -0.393. The van der Waals surface area contributed by atoms with Crippen molar-refractivity contribution in [2.75, 3.05) is 12.0 Å². The van der Waals surface area contributed by atoms with Crippen LogP contribution in [0.25, 0.3) is 0 Å². The van der Waals surface area contributed by atoms with Gasteiger partial charge in [-0.25, -0.2) is 0 Å². The van der Waals surface area contributed by atoms with Gasteiger partial charge >= 0.3 is 11.7 Å². The Kier molecular flexibility index (Phi) is 10.2. The van der Waals surface area contributed by atoms with Gasteiger partial charge < -0.3 is 4.74 Å². The smallest absolute Gasteiger partial charge is 0.306 e. The van der Waals surface area contributed by atoms with Crippen LogP contribution in [-0.2, 0) is 9.53 Å². The lowest BCUT2D eigenvalue weighted by Gasteiger charge is -2.57. The molecule has 0 radical (unpaired) electrons. The van der Waals surface area contributed by atoms with Crippen molar-refractivity contribution in [2.45, 2.75) is 106 Å². The van der Waals surface area contributed by atoms with E-state index in [1.54, 1.807) is 6.92 Å². The van der Waals surface area contributed by atoms with E-state index < -0.39 is 20.9 Å². The topological polar surface area (TPSA) is 137 Å². The molecule has 10 heteroatoms. The average Bonchev–Trinajstić information content (AvgIpc) is 3.29. The number of fused-ring (bicyclic) bond motifs is 3. The van der Waals surface area contributed by atoms with Crippen molar-refractivity contribution in [3.63, 3.8) is 0 Å². The normalized spacial score (nSPS) is 31.7. The highest BCUT2D eigenvalue weighted by Gasteiger charge is 2.60. The first-order valence-electron chi connectivity index (χ1n) is 16.2. The number of carbonyl (C=O) groups is 1. The maximum Gasteiger partial charge on any atom is 0.306 e. The molecule has 3 aliphatic carbocycles. The second-order valence-corrected chi connectivity index (χ2v) is 14.2. The van der Waals surface area contributed by atoms with Crippen LogP contribution in [0.1, 0.15) is 106 Å². The Morgan fingerprint density at radius 1 is 1.07 bits per heavy atom. The minimum absolute atomic E-state index is 0.0880. The van der Waals surface area contributed by atoms with Crippen molar-refractivity contribution < 1.29 is 19.4 Å². The van der Waals surface area contributed by atoms with E-state index in [0.717, 1.165) is 42.9 Å². The molecule has 1 N–H and O–H groups in total. The van der Waals surface area contributed by atoms with Crippen molar-refractivity contribution >= 4 is 28.7 Å². The van der Waals surface area contributed by atoms with Gasteiger partial charge in [-0.05, 0) is 92.4 Å². The predicted octanol–water partition coefficient (Wildman–Crippen LogP) is 8.55. The third-order valence-corrected chi connectivity index (χ3v) is 11.3. The van der Waals surface area contributed by atoms with Crippen LogP contribution in [0.2, 0.25) is 0 Å². The standard InChI is InChI=1S/C33H50N4O6/c1-7-43-31(38)20-33(6)27-17-18-32(5)25(22(4)10-8-9-21(2)3)13-14-26(32)24(27)12-16-30(33)35-34-28-15-11-23(36(39)40)19-29(28)37(41)42/h11,15,19,21-22,24-27,34H,7-10,12-14,16-18,20H2,1-6H3/b35-30+/t22-,24-,25+,26+,27+,32-,33-/m0/s1. The van der Waals surface area contributed by atoms with Crippen LogP contribution in [0, 0.1) is 66.6 Å². The summed E-state index contributed by atoms with van der Waals surface area (Å²) in [6, 6.07) is 3.49. The molecule has 0 aliphatic heterocycles. The monoisotopic (exact) mass is 598 g/mol. The average molecular weight is 599 g/mol. The van der Waals surface area contributed by atoms with Crippen LogP contribution < -0.4 is 5.43 Å². The number of nitro benzene ring substituents is 2. The molecule has 0 heterocycles. The zero-order valence-corrected chi connectivity index (χ0v) is 26.8. The van der Waals surface area contributed by atoms with Crippen LogP contribution in [0.15, 0.2) is 23.3 Å². The first kappa shape index (κ1) is 32.9. The summed E-state index contributed by atoms with van der Waals surface area (Å²) in [4.78, 5) is 34.6. The summed E-state index contributed by atoms with van der Waals surface area (Å²) in [5.41, 5.74) is 2.74. The fourth-order valence-electron chi connectivity index (χ4n) is 9.24. The molecule has 0 bridgehead atoms. The van der Waals surface area contributed by atoms with Crippen LogP contribution in [0.5, 0.6) is 0 Å². The van der Waals surface area contributed by atoms with Gasteiger partial charge in [0.2, 0.25) is 0 Å². The number of carbonyl (C=O) groups excluding carboxylic acids is 1. The number of ether oxygens (including phenoxy) is 1. The van der Waals surface area contributed by atoms with E-state index in [2.05, 4.69) is 40.0 Å². The Morgan fingerprint density at radius 3 is 2.47 bits per heavy atom. The summed E-state index contributed by atoms with van der Waals surface area (Å²) >= 11 is 0. The Labute approximate surface area is 255 Å². The fourth-order valence-corrected chi connectivity index (χ4v) is 9.24. The molecule has 0 saturated heterocycles. The molecule has 3 aliphatic rings. The molecule has 238 valence electrons. The second-order valence-electron chi connectivity index (χ2n) is 14.2. The SMILES string of the molecule is CCOC(=O)C[C@]1(C)/C(=N/Nc2ccc([N+](=O)[O-])cc2[N+](=O)[O-])CC[C@H]2[C@H]3CC[C@H]([C@@H](C)CCCC(C)C)[C@]3(C)CC[C@H]21. The van der Waals surface area contributed by atoms with E-state index in [9.17, 15) is 25.0 Å². The van der Waals surface area contributed by atoms with Crippen molar-refractivity contribution in [2.24, 2.45) is 51.4 Å². The van der Waals surface area contributed by atoms with Gasteiger partial charge in [-0.2, -0.15) is 5.10 Å². The quantitative estimate of drug-likeness (QED) is 0.144. The molecule has 0 spiro atoms. The maximum absolute atomic E-state index is 13.0. The first-order chi connectivity index (χ1) is 20.3. The molecule has 10 nitrogen and oxygen atoms in total. The summed E-state index contributed by atoms with van der Waals surface area (Å²) in [5.74, 6) is 3.27. The number of esters is 1. The van der Waals surface area contributed by atoms with Gasteiger partial charge in [0.15, 0.2) is 0 Å². The van der Waals surface area contributed by atoms with Crippen LogP contribution in [0.3, 0.4) is 0 Å². The lowest BCUT2D eigenvalue weighted by Crippen LogP contribution is -2.53. The fraction of sp³-hybridized carbons (Fsp3) is 0.758. The zero-order valence-electron chi connectivity index (χ0n) is 26.8. The second kappa shape index (κ2) is 13.3. The minimum Gasteiger partial charge on any atom is -0.466 e. The molecule has 43 heavy (non-hydrogen) atoms. The van der Waals surface area contributed by atoms with Crippen molar-refractivity contribution in [1.82, 2.24) is 0 Å². The molecular weight excluding hydrogens is 548 g/mol. The van der Waals surface area contributed by atoms with Crippen molar-refractivity contribution in [3.8, 4) is 0 Å². The summed E-state index contributed by atoms with van der Waals surface area (Å²) in [5, 5.41) is 27.6. The zero-order chi connectivity index (χ0) is 31.5. The number of hydrogen-bond acceptors (Lipinski definition) is 8. The van der Waals surface area contributed by atoms with E-state index in [4.69, 9.17) is 9.84 Å². The predicted molar refractivity (Wildman–Crippen MR) is 168 cm³/mol. The summed E-state index contributed by atoms with van der Waals surface area (Å²) < 4.78 is 5.43. The molecule has 1 aromatic rings. The van der Waals surface area contributed by atoms with E-state index in [0.29, 0.717) is 36.2 Å². The van der Waals surface area contributed by atoms with Gasteiger partial charge in [0.1, 0.15) is 5.69 Å². The Bertz CT molecular complexity index is 1230. The number of non-ortho nitro benzene ring substituents is 1. The molecule has 7 atom stereocenters. The summed E-state index contributed by atoms with van der Waals surface area (Å²) in [6.07, 6.45) is 10.4. The van der Waals surface area contributed by atoms with Crippen LogP contribution in [-0.4, -0.2) is 28.1 Å². The molecule has 3 fully saturated rings. The molecule has 0 aromatic heterocycles. The van der Waals surface area contributed by atoms with E-state index in [-0.39, 0.29) is 29.7 Å².